The Morgan fingerprint density at radius 3 is 2.40 bits per heavy atom. The fourth-order valence-electron chi connectivity index (χ4n) is 2.44. The van der Waals surface area contributed by atoms with E-state index in [2.05, 4.69) is 4.99 Å². The number of hydrogen-bond acceptors (Lipinski definition) is 2. The van der Waals surface area contributed by atoms with Gasteiger partial charge in [0.2, 0.25) is 5.90 Å². The Balaban J connectivity index is 2.55. The molecule has 1 aliphatic rings. The maximum absolute atomic E-state index is 12.9. The Bertz CT molecular complexity index is 559. The third kappa shape index (κ3) is 2.67. The first kappa shape index (κ1) is 14.9. The average molecular weight is 285 g/mol. The van der Waals surface area contributed by atoms with Gasteiger partial charge in [-0.15, -0.1) is 0 Å². The second kappa shape index (κ2) is 4.79. The average Bonchev–Trinajstić information content (AvgIpc) is 2.67. The van der Waals surface area contributed by atoms with Crippen molar-refractivity contribution in [3.8, 4) is 0 Å². The molecule has 0 radical (unpaired) electrons. The molecule has 0 saturated carbocycles. The highest BCUT2D eigenvalue weighted by atomic mass is 19.4. The summed E-state index contributed by atoms with van der Waals surface area (Å²) in [6.45, 7) is 7.66. The number of halogens is 3. The molecule has 2 rings (SSSR count). The minimum atomic E-state index is -4.33. The molecule has 1 heterocycles. The van der Waals surface area contributed by atoms with Crippen LogP contribution in [-0.4, -0.2) is 18.0 Å². The van der Waals surface area contributed by atoms with Gasteiger partial charge >= 0.3 is 6.18 Å². The van der Waals surface area contributed by atoms with Crippen molar-refractivity contribution in [1.82, 2.24) is 0 Å². The summed E-state index contributed by atoms with van der Waals surface area (Å²) in [5.41, 5.74) is 0.668. The van der Waals surface area contributed by atoms with Crippen molar-refractivity contribution in [3.63, 3.8) is 0 Å². The van der Waals surface area contributed by atoms with Gasteiger partial charge in [-0.25, -0.2) is 4.99 Å². The lowest BCUT2D eigenvalue weighted by molar-refractivity contribution is -0.138. The van der Waals surface area contributed by atoms with E-state index in [9.17, 15) is 13.2 Å². The van der Waals surface area contributed by atoms with Gasteiger partial charge in [-0.3, -0.25) is 0 Å². The fraction of sp³-hybridized carbons (Fsp3) is 0.533. The molecule has 1 aliphatic heterocycles. The molecule has 0 atom stereocenters. The van der Waals surface area contributed by atoms with Crippen LogP contribution in [0.3, 0.4) is 0 Å². The van der Waals surface area contributed by atoms with E-state index in [1.165, 1.54) is 13.0 Å². The van der Waals surface area contributed by atoms with Crippen molar-refractivity contribution in [3.05, 3.63) is 34.4 Å². The molecule has 20 heavy (non-hydrogen) atoms. The lowest BCUT2D eigenvalue weighted by Crippen LogP contribution is -2.17. The molecule has 2 nitrogen and oxygen atoms in total. The normalized spacial score (nSPS) is 17.9. The van der Waals surface area contributed by atoms with Crippen LogP contribution >= 0.6 is 0 Å². The SMILES string of the molecule is CCc1c(C2=NC(C)(C)CO2)ccc(C(F)(F)F)c1C. The molecule has 0 fully saturated rings. The van der Waals surface area contributed by atoms with Crippen LogP contribution in [0.1, 0.15) is 43.0 Å². The smallest absolute Gasteiger partial charge is 0.416 e. The number of ether oxygens (including phenoxy) is 1. The maximum atomic E-state index is 12.9. The molecule has 1 aromatic rings. The van der Waals surface area contributed by atoms with E-state index < -0.39 is 11.7 Å². The van der Waals surface area contributed by atoms with Gasteiger partial charge in [-0.1, -0.05) is 6.92 Å². The summed E-state index contributed by atoms with van der Waals surface area (Å²) >= 11 is 0. The van der Waals surface area contributed by atoms with Gasteiger partial charge in [0.25, 0.3) is 0 Å². The first-order valence-electron chi connectivity index (χ1n) is 6.58. The quantitative estimate of drug-likeness (QED) is 0.800. The third-order valence-corrected chi connectivity index (χ3v) is 3.45. The predicted molar refractivity (Wildman–Crippen MR) is 72.1 cm³/mol. The number of rotatable bonds is 2. The highest BCUT2D eigenvalue weighted by Gasteiger charge is 2.35. The number of hydrogen-bond donors (Lipinski definition) is 0. The van der Waals surface area contributed by atoms with Gasteiger partial charge < -0.3 is 4.74 Å². The van der Waals surface area contributed by atoms with E-state index in [1.54, 1.807) is 0 Å². The zero-order valence-corrected chi connectivity index (χ0v) is 12.1. The Hall–Kier alpha value is -1.52. The van der Waals surface area contributed by atoms with Crippen molar-refractivity contribution in [2.24, 2.45) is 4.99 Å². The lowest BCUT2D eigenvalue weighted by atomic mass is 9.94. The first-order valence-corrected chi connectivity index (χ1v) is 6.58. The topological polar surface area (TPSA) is 21.6 Å². The van der Waals surface area contributed by atoms with Crippen LogP contribution in [0, 0.1) is 6.92 Å². The Labute approximate surface area is 116 Å². The lowest BCUT2D eigenvalue weighted by Gasteiger charge is -2.16. The second-order valence-corrected chi connectivity index (χ2v) is 5.63. The van der Waals surface area contributed by atoms with Crippen LogP contribution in [-0.2, 0) is 17.3 Å². The van der Waals surface area contributed by atoms with Gasteiger partial charge in [-0.05, 0) is 50.5 Å². The fourth-order valence-corrected chi connectivity index (χ4v) is 2.44. The number of nitrogens with zero attached hydrogens (tertiary/aromatic N) is 1. The predicted octanol–water partition coefficient (Wildman–Crippen LogP) is 4.13. The zero-order chi connectivity index (χ0) is 15.1. The van der Waals surface area contributed by atoms with E-state index in [4.69, 9.17) is 4.74 Å². The second-order valence-electron chi connectivity index (χ2n) is 5.63. The zero-order valence-electron chi connectivity index (χ0n) is 12.1. The van der Waals surface area contributed by atoms with Crippen LogP contribution in [0.15, 0.2) is 17.1 Å². The molecule has 0 aliphatic carbocycles. The van der Waals surface area contributed by atoms with E-state index in [-0.39, 0.29) is 11.1 Å². The van der Waals surface area contributed by atoms with Gasteiger partial charge in [0.1, 0.15) is 6.61 Å². The number of aliphatic imine (C=N–C) groups is 1. The number of alkyl halides is 3. The molecular weight excluding hydrogens is 267 g/mol. The minimum absolute atomic E-state index is 0.258. The van der Waals surface area contributed by atoms with Crippen molar-refractivity contribution in [2.45, 2.75) is 45.8 Å². The van der Waals surface area contributed by atoms with E-state index in [0.29, 0.717) is 30.1 Å². The molecule has 1 aromatic carbocycles. The monoisotopic (exact) mass is 285 g/mol. The molecule has 0 saturated heterocycles. The van der Waals surface area contributed by atoms with Gasteiger partial charge in [0.05, 0.1) is 11.1 Å². The Kier molecular flexibility index (Phi) is 3.56. The third-order valence-electron chi connectivity index (χ3n) is 3.45. The van der Waals surface area contributed by atoms with E-state index >= 15 is 0 Å². The summed E-state index contributed by atoms with van der Waals surface area (Å²) in [6, 6.07) is 2.58. The first-order chi connectivity index (χ1) is 9.15. The van der Waals surface area contributed by atoms with Crippen molar-refractivity contribution in [2.75, 3.05) is 6.61 Å². The molecule has 0 spiro atoms. The largest absolute Gasteiger partial charge is 0.475 e. The summed E-state index contributed by atoms with van der Waals surface area (Å²) in [7, 11) is 0. The van der Waals surface area contributed by atoms with Crippen molar-refractivity contribution < 1.29 is 17.9 Å². The van der Waals surface area contributed by atoms with Crippen LogP contribution in [0.5, 0.6) is 0 Å². The highest BCUT2D eigenvalue weighted by molar-refractivity contribution is 5.97. The Morgan fingerprint density at radius 1 is 1.30 bits per heavy atom. The van der Waals surface area contributed by atoms with E-state index in [1.807, 2.05) is 20.8 Å². The van der Waals surface area contributed by atoms with Crippen LogP contribution in [0.4, 0.5) is 13.2 Å². The van der Waals surface area contributed by atoms with Gasteiger partial charge in [-0.2, -0.15) is 13.2 Å². The van der Waals surface area contributed by atoms with Crippen molar-refractivity contribution in [1.29, 1.82) is 0 Å². The summed E-state index contributed by atoms with van der Waals surface area (Å²) in [6.07, 6.45) is -3.82. The Morgan fingerprint density at radius 2 is 1.95 bits per heavy atom. The standard InChI is InChI=1S/C15H18F3NO/c1-5-10-9(2)12(15(16,17)18)7-6-11(10)13-19-14(3,4)8-20-13/h6-7H,5,8H2,1-4H3. The minimum Gasteiger partial charge on any atom is -0.475 e. The summed E-state index contributed by atoms with van der Waals surface area (Å²) in [5.74, 6) is 0.448. The molecule has 0 amide bonds. The molecule has 110 valence electrons. The molecule has 0 unspecified atom stereocenters. The number of benzene rings is 1. The van der Waals surface area contributed by atoms with Gasteiger partial charge in [0, 0.05) is 5.56 Å². The molecule has 0 N–H and O–H groups in total. The highest BCUT2D eigenvalue weighted by Crippen LogP contribution is 2.35. The molecule has 0 aromatic heterocycles. The van der Waals surface area contributed by atoms with Gasteiger partial charge in [0.15, 0.2) is 0 Å². The summed E-state index contributed by atoms with van der Waals surface area (Å²) in [4.78, 5) is 4.45. The molecular formula is C15H18F3NO. The molecule has 5 heteroatoms. The maximum Gasteiger partial charge on any atom is 0.416 e. The van der Waals surface area contributed by atoms with Crippen LogP contribution < -0.4 is 0 Å². The van der Waals surface area contributed by atoms with Crippen LogP contribution in [0.2, 0.25) is 0 Å². The van der Waals surface area contributed by atoms with E-state index in [0.717, 1.165) is 6.07 Å². The molecule has 0 bridgehead atoms. The summed E-state index contributed by atoms with van der Waals surface area (Å²) < 4.78 is 44.4. The summed E-state index contributed by atoms with van der Waals surface area (Å²) in [5, 5.41) is 0. The van der Waals surface area contributed by atoms with Crippen molar-refractivity contribution >= 4 is 5.90 Å². The van der Waals surface area contributed by atoms with Crippen LogP contribution in [0.25, 0.3) is 0 Å².